The zero-order valence-corrected chi connectivity index (χ0v) is 18.8. The average Bonchev–Trinajstić information content (AvgIpc) is 2.81. The van der Waals surface area contributed by atoms with Crippen LogP contribution in [0.2, 0.25) is 0 Å². The molecule has 0 saturated carbocycles. The van der Waals surface area contributed by atoms with Crippen LogP contribution in [0.1, 0.15) is 34.1 Å². The van der Waals surface area contributed by atoms with Gasteiger partial charge in [0.25, 0.3) is 5.24 Å². The van der Waals surface area contributed by atoms with Gasteiger partial charge in [-0.2, -0.15) is 0 Å². The van der Waals surface area contributed by atoms with Gasteiger partial charge in [-0.1, -0.05) is 0 Å². The number of nitrogens with zero attached hydrogens (tertiary/aromatic N) is 3. The van der Waals surface area contributed by atoms with E-state index in [1.54, 1.807) is 18.7 Å². The van der Waals surface area contributed by atoms with Crippen molar-refractivity contribution in [3.05, 3.63) is 0 Å². The predicted molar refractivity (Wildman–Crippen MR) is 112 cm³/mol. The van der Waals surface area contributed by atoms with Crippen LogP contribution >= 0.6 is 10.0 Å². The van der Waals surface area contributed by atoms with Gasteiger partial charge in [-0.05, 0) is 27.7 Å². The number of piperazine rings is 1. The van der Waals surface area contributed by atoms with Crippen LogP contribution in [0.3, 0.4) is 0 Å². The van der Waals surface area contributed by atoms with Gasteiger partial charge in [0.1, 0.15) is 6.04 Å². The second-order valence-corrected chi connectivity index (χ2v) is 12.8. The lowest BCUT2D eigenvalue weighted by molar-refractivity contribution is -0.157. The lowest BCUT2D eigenvalue weighted by atomic mass is 9.98. The van der Waals surface area contributed by atoms with E-state index in [0.717, 1.165) is 0 Å². The number of fused-ring (bicyclic) bond motifs is 1. The number of rotatable bonds is 5. The number of nitrogens with one attached hydrogen (secondary N) is 1. The Balaban J connectivity index is 1.75. The summed E-state index contributed by atoms with van der Waals surface area (Å²) in [4.78, 5) is 54.7. The summed E-state index contributed by atoms with van der Waals surface area (Å²) in [6.07, 6.45) is 0.101. The van der Waals surface area contributed by atoms with Crippen molar-refractivity contribution in [1.82, 2.24) is 20.0 Å². The van der Waals surface area contributed by atoms with E-state index in [1.165, 1.54) is 4.90 Å². The van der Waals surface area contributed by atoms with Crippen LogP contribution in [0.15, 0.2) is 0 Å². The minimum atomic E-state index is -2.51. The number of aliphatic hydroxyl groups is 1. The monoisotopic (exact) mass is 444 g/mol. The molecule has 0 aromatic carbocycles. The fourth-order valence-electron chi connectivity index (χ4n) is 4.89. The smallest absolute Gasteiger partial charge is 0.327 e. The molecule has 3 N–H and O–H groups in total. The number of amides is 3. The van der Waals surface area contributed by atoms with Gasteiger partial charge < -0.3 is 25.3 Å². The molecule has 3 heterocycles. The molecular weight excluding hydrogens is 412 g/mol. The first kappa shape index (κ1) is 22.8. The SMILES string of the molecule is CC(C)NC(=O)CN1CCN(C(=O)S2(CO)[C@@H]3CC(=O)N3[C@@H](C(=O)O)C2(C)C)CC1. The Morgan fingerprint density at radius 3 is 2.23 bits per heavy atom. The van der Waals surface area contributed by atoms with E-state index in [0.29, 0.717) is 26.2 Å². The molecule has 3 saturated heterocycles. The number of aliphatic carboxylic acids is 1. The molecule has 0 spiro atoms. The molecule has 3 aliphatic heterocycles. The Kier molecular flexibility index (Phi) is 6.09. The third kappa shape index (κ3) is 3.36. The maximum atomic E-state index is 13.7. The fraction of sp³-hybridized carbons (Fsp3) is 0.789. The first-order valence-electron chi connectivity index (χ1n) is 10.2. The maximum absolute atomic E-state index is 13.7. The number of carbonyl (C=O) groups excluding carboxylic acids is 3. The Labute approximate surface area is 177 Å². The molecule has 0 aromatic heterocycles. The molecule has 3 aliphatic rings. The zero-order valence-electron chi connectivity index (χ0n) is 18.0. The summed E-state index contributed by atoms with van der Waals surface area (Å²) in [5, 5.41) is 22.3. The number of aliphatic hydroxyl groups excluding tert-OH is 1. The lowest BCUT2D eigenvalue weighted by Gasteiger charge is -2.51. The van der Waals surface area contributed by atoms with Gasteiger partial charge in [-0.3, -0.25) is 19.3 Å². The van der Waals surface area contributed by atoms with Crippen LogP contribution in [0.4, 0.5) is 4.79 Å². The van der Waals surface area contributed by atoms with E-state index in [1.807, 2.05) is 18.7 Å². The second-order valence-electron chi connectivity index (χ2n) is 8.98. The molecule has 1 unspecified atom stereocenters. The minimum Gasteiger partial charge on any atom is -0.480 e. The molecule has 3 atom stereocenters. The molecule has 3 amide bonds. The van der Waals surface area contributed by atoms with Gasteiger partial charge in [-0.15, -0.1) is 10.0 Å². The number of carbonyl (C=O) groups is 4. The number of β-lactam (4-membered cyclic amide) rings is 1. The molecule has 0 aliphatic carbocycles. The van der Waals surface area contributed by atoms with Crippen molar-refractivity contribution in [2.75, 3.05) is 38.7 Å². The normalized spacial score (nSPS) is 32.9. The van der Waals surface area contributed by atoms with Gasteiger partial charge >= 0.3 is 5.97 Å². The average molecular weight is 445 g/mol. The van der Waals surface area contributed by atoms with Crippen molar-refractivity contribution < 1.29 is 29.4 Å². The highest BCUT2D eigenvalue weighted by Gasteiger charge is 2.72. The highest BCUT2D eigenvalue weighted by Crippen LogP contribution is 2.74. The second kappa shape index (κ2) is 8.01. The van der Waals surface area contributed by atoms with Gasteiger partial charge in [0.2, 0.25) is 11.8 Å². The molecule has 0 radical (unpaired) electrons. The third-order valence-electron chi connectivity index (χ3n) is 6.48. The Hall–Kier alpha value is -1.85. The van der Waals surface area contributed by atoms with Crippen LogP contribution in [0.25, 0.3) is 0 Å². The van der Waals surface area contributed by atoms with E-state index in [4.69, 9.17) is 0 Å². The van der Waals surface area contributed by atoms with E-state index >= 15 is 0 Å². The zero-order chi connectivity index (χ0) is 22.4. The molecule has 10 nitrogen and oxygen atoms in total. The van der Waals surface area contributed by atoms with Crippen molar-refractivity contribution in [2.24, 2.45) is 0 Å². The van der Waals surface area contributed by atoms with Crippen LogP contribution < -0.4 is 5.32 Å². The number of hydrogen-bond donors (Lipinski definition) is 3. The minimum absolute atomic E-state index is 0.0629. The van der Waals surface area contributed by atoms with E-state index < -0.39 is 38.1 Å². The summed E-state index contributed by atoms with van der Waals surface area (Å²) < 4.78 is -1.05. The third-order valence-corrected chi connectivity index (χ3v) is 11.2. The summed E-state index contributed by atoms with van der Waals surface area (Å²) in [6, 6.07) is -1.05. The predicted octanol–water partition coefficient (Wildman–Crippen LogP) is -0.193. The van der Waals surface area contributed by atoms with Crippen molar-refractivity contribution >= 4 is 33.1 Å². The Morgan fingerprint density at radius 2 is 1.80 bits per heavy atom. The van der Waals surface area contributed by atoms with Gasteiger partial charge in [0.05, 0.1) is 24.3 Å². The van der Waals surface area contributed by atoms with E-state index in [2.05, 4.69) is 5.32 Å². The van der Waals surface area contributed by atoms with Crippen molar-refractivity contribution in [3.63, 3.8) is 0 Å². The largest absolute Gasteiger partial charge is 0.480 e. The molecule has 30 heavy (non-hydrogen) atoms. The van der Waals surface area contributed by atoms with Gasteiger partial charge in [-0.25, -0.2) is 4.79 Å². The quantitative estimate of drug-likeness (QED) is 0.501. The first-order chi connectivity index (χ1) is 14.0. The van der Waals surface area contributed by atoms with Crippen molar-refractivity contribution in [3.8, 4) is 0 Å². The summed E-state index contributed by atoms with van der Waals surface area (Å²) in [5.41, 5.74) is 0. The summed E-state index contributed by atoms with van der Waals surface area (Å²) >= 11 is 0. The topological polar surface area (TPSA) is 130 Å². The summed E-state index contributed by atoms with van der Waals surface area (Å²) in [7, 11) is -2.51. The lowest BCUT2D eigenvalue weighted by Crippen LogP contribution is -2.57. The van der Waals surface area contributed by atoms with Crippen LogP contribution in [-0.4, -0.2) is 109 Å². The molecule has 3 fully saturated rings. The highest BCUT2D eigenvalue weighted by atomic mass is 32.3. The number of carboxylic acids is 1. The van der Waals surface area contributed by atoms with Gasteiger partial charge in [0.15, 0.2) is 0 Å². The summed E-state index contributed by atoms with van der Waals surface area (Å²) in [5.74, 6) is -1.92. The molecule has 0 aromatic rings. The van der Waals surface area contributed by atoms with Crippen LogP contribution in [0.5, 0.6) is 0 Å². The molecule has 11 heteroatoms. The van der Waals surface area contributed by atoms with Crippen molar-refractivity contribution in [2.45, 2.75) is 56.3 Å². The molecule has 0 bridgehead atoms. The molecule has 170 valence electrons. The maximum Gasteiger partial charge on any atom is 0.327 e. The first-order valence-corrected chi connectivity index (χ1v) is 12.1. The molecule has 3 rings (SSSR count). The highest BCUT2D eigenvalue weighted by molar-refractivity contribution is 8.46. The van der Waals surface area contributed by atoms with Crippen LogP contribution in [-0.2, 0) is 14.4 Å². The standard InChI is InChI=1S/C19H32N4O6S/c1-12(2)20-13(25)10-21-5-7-22(8-6-21)18(29)30(11-24)15-9-14(26)23(15)16(17(27)28)19(30,3)4/h12,15-16,24H,5-11H2,1-4H3,(H,20,25)(H,27,28)/t15-,16+/m1/s1. The van der Waals surface area contributed by atoms with E-state index in [-0.39, 0.29) is 36.1 Å². The number of hydrogen-bond acceptors (Lipinski definition) is 6. The Bertz CT molecular complexity index is 751. The van der Waals surface area contributed by atoms with Crippen molar-refractivity contribution in [1.29, 1.82) is 0 Å². The number of carboxylic acid groups (broad SMARTS) is 1. The van der Waals surface area contributed by atoms with Gasteiger partial charge in [0, 0.05) is 37.0 Å². The molecular formula is C19H32N4O6S. The summed E-state index contributed by atoms with van der Waals surface area (Å²) in [6.45, 7) is 9.27. The van der Waals surface area contributed by atoms with E-state index in [9.17, 15) is 29.4 Å². The fourth-order valence-corrected chi connectivity index (χ4v) is 9.20. The Morgan fingerprint density at radius 1 is 1.20 bits per heavy atom. The van der Waals surface area contributed by atoms with Crippen LogP contribution in [0, 0.1) is 0 Å².